The first-order valence-corrected chi connectivity index (χ1v) is 12.5. The molecule has 1 atom stereocenters. The van der Waals surface area contributed by atoms with Crippen LogP contribution in [0.5, 0.6) is 0 Å². The van der Waals surface area contributed by atoms with Crippen molar-refractivity contribution in [2.24, 2.45) is 0 Å². The van der Waals surface area contributed by atoms with Gasteiger partial charge in [0.1, 0.15) is 0 Å². The number of alkyl halides is 3. The SMILES string of the molecule is Cc1cccc(CN2CCN(C(=O)OC(C)C(F)(F)F)CC2)c1N1CCC(N2CCCC2)CC1. The summed E-state index contributed by atoms with van der Waals surface area (Å²) in [7, 11) is 0. The Hall–Kier alpha value is -2.00. The van der Waals surface area contributed by atoms with Crippen molar-refractivity contribution in [3.63, 3.8) is 0 Å². The van der Waals surface area contributed by atoms with Crippen LogP contribution >= 0.6 is 0 Å². The van der Waals surface area contributed by atoms with Gasteiger partial charge >= 0.3 is 12.3 Å². The molecular weight excluding hydrogens is 445 g/mol. The highest BCUT2D eigenvalue weighted by atomic mass is 19.4. The molecule has 1 aromatic carbocycles. The van der Waals surface area contributed by atoms with Gasteiger partial charge in [-0.1, -0.05) is 18.2 Å². The van der Waals surface area contributed by atoms with E-state index in [1.807, 2.05) is 0 Å². The standard InChI is InChI=1S/C25H37F3N4O2/c1-19-6-5-7-21(23(19)31-12-8-22(9-13-31)30-10-3-4-11-30)18-29-14-16-32(17-15-29)24(33)34-20(2)25(26,27)28/h5-7,20,22H,3-4,8-18H2,1-2H3. The third-order valence-electron chi connectivity index (χ3n) is 7.52. The molecule has 0 N–H and O–H groups in total. The molecule has 3 saturated heterocycles. The third kappa shape index (κ3) is 5.97. The van der Waals surface area contributed by atoms with Crippen LogP contribution in [0.25, 0.3) is 0 Å². The van der Waals surface area contributed by atoms with Crippen molar-refractivity contribution < 1.29 is 22.7 Å². The molecule has 3 heterocycles. The predicted molar refractivity (Wildman–Crippen MR) is 126 cm³/mol. The van der Waals surface area contributed by atoms with Crippen LogP contribution in [-0.2, 0) is 11.3 Å². The molecule has 0 spiro atoms. The second-order valence-electron chi connectivity index (χ2n) is 9.87. The predicted octanol–water partition coefficient (Wildman–Crippen LogP) is 4.26. The number of hydrogen-bond acceptors (Lipinski definition) is 5. The van der Waals surface area contributed by atoms with Crippen molar-refractivity contribution in [2.45, 2.75) is 64.4 Å². The zero-order valence-electron chi connectivity index (χ0n) is 20.3. The minimum absolute atomic E-state index is 0.367. The molecule has 34 heavy (non-hydrogen) atoms. The highest BCUT2D eigenvalue weighted by molar-refractivity contribution is 5.68. The maximum atomic E-state index is 12.7. The Morgan fingerprint density at radius 1 is 1.03 bits per heavy atom. The maximum Gasteiger partial charge on any atom is 0.425 e. The molecule has 3 aliphatic rings. The van der Waals surface area contributed by atoms with Gasteiger partial charge in [0, 0.05) is 57.5 Å². The Morgan fingerprint density at radius 2 is 1.68 bits per heavy atom. The summed E-state index contributed by atoms with van der Waals surface area (Å²) in [5.74, 6) is 0. The van der Waals surface area contributed by atoms with Crippen molar-refractivity contribution in [3.05, 3.63) is 29.3 Å². The number of benzene rings is 1. The molecule has 3 aliphatic heterocycles. The van der Waals surface area contributed by atoms with Crippen molar-refractivity contribution >= 4 is 11.8 Å². The Morgan fingerprint density at radius 3 is 2.29 bits per heavy atom. The quantitative estimate of drug-likeness (QED) is 0.627. The molecule has 3 fully saturated rings. The topological polar surface area (TPSA) is 39.3 Å². The van der Waals surface area contributed by atoms with Crippen molar-refractivity contribution in [1.29, 1.82) is 0 Å². The summed E-state index contributed by atoms with van der Waals surface area (Å²) >= 11 is 0. The fourth-order valence-electron chi connectivity index (χ4n) is 5.48. The monoisotopic (exact) mass is 482 g/mol. The van der Waals surface area contributed by atoms with Gasteiger partial charge in [-0.05, 0) is 63.7 Å². The number of nitrogens with zero attached hydrogens (tertiary/aromatic N) is 4. The largest absolute Gasteiger partial charge is 0.437 e. The molecule has 0 radical (unpaired) electrons. The number of carbonyl (C=O) groups excluding carboxylic acids is 1. The van der Waals surface area contributed by atoms with Gasteiger partial charge in [0.2, 0.25) is 0 Å². The van der Waals surface area contributed by atoms with Crippen LogP contribution in [-0.4, -0.2) is 91.5 Å². The van der Waals surface area contributed by atoms with Crippen LogP contribution in [0.15, 0.2) is 18.2 Å². The molecule has 1 aromatic rings. The number of piperidine rings is 1. The van der Waals surface area contributed by atoms with Gasteiger partial charge in [-0.3, -0.25) is 4.90 Å². The third-order valence-corrected chi connectivity index (χ3v) is 7.52. The average molecular weight is 483 g/mol. The first-order valence-electron chi connectivity index (χ1n) is 12.5. The first-order chi connectivity index (χ1) is 16.2. The summed E-state index contributed by atoms with van der Waals surface area (Å²) in [6.45, 7) is 10.4. The van der Waals surface area contributed by atoms with E-state index in [-0.39, 0.29) is 0 Å². The van der Waals surface area contributed by atoms with Crippen LogP contribution in [0, 0.1) is 6.92 Å². The van der Waals surface area contributed by atoms with Gasteiger partial charge in [-0.2, -0.15) is 13.2 Å². The van der Waals surface area contributed by atoms with Gasteiger partial charge in [0.15, 0.2) is 6.10 Å². The fourth-order valence-corrected chi connectivity index (χ4v) is 5.48. The Kier molecular flexibility index (Phi) is 7.92. The lowest BCUT2D eigenvalue weighted by Gasteiger charge is -2.40. The smallest absolute Gasteiger partial charge is 0.425 e. The van der Waals surface area contributed by atoms with Crippen molar-refractivity contribution in [1.82, 2.24) is 14.7 Å². The number of carbonyl (C=O) groups is 1. The summed E-state index contributed by atoms with van der Waals surface area (Å²) in [5, 5.41) is 0. The molecule has 6 nitrogen and oxygen atoms in total. The van der Waals surface area contributed by atoms with Gasteiger partial charge in [-0.25, -0.2) is 4.79 Å². The minimum Gasteiger partial charge on any atom is -0.437 e. The van der Waals surface area contributed by atoms with Crippen molar-refractivity contribution in [2.75, 3.05) is 57.3 Å². The number of amides is 1. The van der Waals surface area contributed by atoms with E-state index >= 15 is 0 Å². The average Bonchev–Trinajstić information content (AvgIpc) is 3.34. The van der Waals surface area contributed by atoms with E-state index in [1.165, 1.54) is 60.5 Å². The summed E-state index contributed by atoms with van der Waals surface area (Å²) in [5.41, 5.74) is 3.88. The lowest BCUT2D eigenvalue weighted by Crippen LogP contribution is -2.50. The van der Waals surface area contributed by atoms with Crippen molar-refractivity contribution in [3.8, 4) is 0 Å². The summed E-state index contributed by atoms with van der Waals surface area (Å²) < 4.78 is 42.7. The van der Waals surface area contributed by atoms with E-state index in [4.69, 9.17) is 0 Å². The molecule has 9 heteroatoms. The molecule has 0 aromatic heterocycles. The van der Waals surface area contributed by atoms with Crippen LogP contribution < -0.4 is 4.90 Å². The van der Waals surface area contributed by atoms with Gasteiger partial charge in [0.25, 0.3) is 0 Å². The molecule has 0 saturated carbocycles. The van der Waals surface area contributed by atoms with E-state index in [0.29, 0.717) is 32.2 Å². The molecule has 0 bridgehead atoms. The molecular formula is C25H37F3N4O2. The zero-order valence-corrected chi connectivity index (χ0v) is 20.3. The number of likely N-dealkylation sites (tertiary alicyclic amines) is 1. The van der Waals surface area contributed by atoms with Crippen LogP contribution in [0.4, 0.5) is 23.7 Å². The van der Waals surface area contributed by atoms with Gasteiger partial charge < -0.3 is 19.4 Å². The second-order valence-corrected chi connectivity index (χ2v) is 9.87. The molecule has 0 aliphatic carbocycles. The summed E-state index contributed by atoms with van der Waals surface area (Å²) in [6.07, 6.45) is -2.47. The lowest BCUT2D eigenvalue weighted by atomic mass is 9.99. The number of para-hydroxylation sites is 1. The fraction of sp³-hybridized carbons (Fsp3) is 0.720. The number of halogens is 3. The number of aryl methyl sites for hydroxylation is 1. The minimum atomic E-state index is -4.54. The molecule has 4 rings (SSSR count). The normalized spacial score (nSPS) is 22.3. The summed E-state index contributed by atoms with van der Waals surface area (Å²) in [4.78, 5) is 21.0. The molecule has 1 unspecified atom stereocenters. The van der Waals surface area contributed by atoms with E-state index in [1.54, 1.807) is 0 Å². The highest BCUT2D eigenvalue weighted by Gasteiger charge is 2.40. The van der Waals surface area contributed by atoms with Crippen LogP contribution in [0.2, 0.25) is 0 Å². The zero-order chi connectivity index (χ0) is 24.3. The van der Waals surface area contributed by atoms with E-state index < -0.39 is 18.4 Å². The number of ether oxygens (including phenoxy) is 1. The molecule has 190 valence electrons. The summed E-state index contributed by atoms with van der Waals surface area (Å²) in [6, 6.07) is 7.15. The van der Waals surface area contributed by atoms with E-state index in [0.717, 1.165) is 26.6 Å². The maximum absolute atomic E-state index is 12.7. The Labute approximate surface area is 200 Å². The van der Waals surface area contributed by atoms with E-state index in [9.17, 15) is 18.0 Å². The number of hydrogen-bond donors (Lipinski definition) is 0. The number of piperazine rings is 1. The lowest BCUT2D eigenvalue weighted by molar-refractivity contribution is -0.200. The Bertz CT molecular complexity index is 828. The van der Waals surface area contributed by atoms with Gasteiger partial charge in [-0.15, -0.1) is 0 Å². The molecule has 1 amide bonds. The second kappa shape index (κ2) is 10.7. The van der Waals surface area contributed by atoms with Crippen LogP contribution in [0.1, 0.15) is 43.7 Å². The van der Waals surface area contributed by atoms with Gasteiger partial charge in [0.05, 0.1) is 0 Å². The first kappa shape index (κ1) is 25.1. The Balaban J connectivity index is 1.32. The highest BCUT2D eigenvalue weighted by Crippen LogP contribution is 2.31. The van der Waals surface area contributed by atoms with E-state index in [2.05, 4.69) is 44.6 Å². The number of rotatable bonds is 5. The van der Waals surface area contributed by atoms with Crippen LogP contribution in [0.3, 0.4) is 0 Å². The number of anilines is 1.